The maximum atomic E-state index is 12.4. The van der Waals surface area contributed by atoms with E-state index >= 15 is 0 Å². The van der Waals surface area contributed by atoms with Gasteiger partial charge in [-0.1, -0.05) is 18.2 Å². The summed E-state index contributed by atoms with van der Waals surface area (Å²) in [7, 11) is 0. The summed E-state index contributed by atoms with van der Waals surface area (Å²) >= 11 is 0. The molecule has 0 bridgehead atoms. The van der Waals surface area contributed by atoms with Crippen LogP contribution in [0.2, 0.25) is 0 Å². The molecule has 0 aliphatic carbocycles. The number of carbonyl (C=O) groups excluding carboxylic acids is 2. The normalized spacial score (nSPS) is 20.2. The molecule has 3 rings (SSSR count). The van der Waals surface area contributed by atoms with Crippen molar-refractivity contribution in [2.45, 2.75) is 32.1 Å². The molecule has 1 fully saturated rings. The summed E-state index contributed by atoms with van der Waals surface area (Å²) in [6, 6.07) is 8.08. The Labute approximate surface area is 137 Å². The van der Waals surface area contributed by atoms with Gasteiger partial charge in [-0.15, -0.1) is 0 Å². The maximum absolute atomic E-state index is 12.4. The third-order valence-electron chi connectivity index (χ3n) is 4.72. The molecule has 1 unspecified atom stereocenters. The van der Waals surface area contributed by atoms with Gasteiger partial charge in [0.2, 0.25) is 5.91 Å². The highest BCUT2D eigenvalue weighted by molar-refractivity contribution is 5.96. The van der Waals surface area contributed by atoms with E-state index in [2.05, 4.69) is 6.07 Å². The molecule has 2 amide bonds. The summed E-state index contributed by atoms with van der Waals surface area (Å²) in [5, 5.41) is 0. The SMILES string of the molecule is CCOCC(=O)N1CC(CCN2CCCC2=O)c2ccccc21. The molecule has 23 heavy (non-hydrogen) atoms. The van der Waals surface area contributed by atoms with Crippen molar-refractivity contribution in [3.63, 3.8) is 0 Å². The smallest absolute Gasteiger partial charge is 0.252 e. The molecule has 0 saturated carbocycles. The lowest BCUT2D eigenvalue weighted by atomic mass is 9.98. The zero-order valence-electron chi connectivity index (χ0n) is 13.7. The van der Waals surface area contributed by atoms with Gasteiger partial charge in [-0.3, -0.25) is 9.59 Å². The van der Waals surface area contributed by atoms with Gasteiger partial charge in [0.05, 0.1) is 0 Å². The summed E-state index contributed by atoms with van der Waals surface area (Å²) in [6.45, 7) is 4.91. The second-order valence-electron chi connectivity index (χ2n) is 6.17. The maximum Gasteiger partial charge on any atom is 0.252 e. The van der Waals surface area contributed by atoms with Crippen molar-refractivity contribution in [3.8, 4) is 0 Å². The minimum Gasteiger partial charge on any atom is -0.372 e. The third-order valence-corrected chi connectivity index (χ3v) is 4.72. The number of hydrogen-bond donors (Lipinski definition) is 0. The molecule has 1 aromatic carbocycles. The van der Waals surface area contributed by atoms with Crippen LogP contribution >= 0.6 is 0 Å². The molecule has 1 saturated heterocycles. The topological polar surface area (TPSA) is 49.9 Å². The molecule has 0 spiro atoms. The molecule has 0 N–H and O–H groups in total. The Morgan fingerprint density at radius 2 is 2.17 bits per heavy atom. The molecule has 5 heteroatoms. The van der Waals surface area contributed by atoms with Gasteiger partial charge >= 0.3 is 0 Å². The largest absolute Gasteiger partial charge is 0.372 e. The minimum absolute atomic E-state index is 0.0130. The van der Waals surface area contributed by atoms with Gasteiger partial charge in [0.1, 0.15) is 6.61 Å². The first-order valence-corrected chi connectivity index (χ1v) is 8.45. The number of para-hydroxylation sites is 1. The zero-order valence-corrected chi connectivity index (χ0v) is 13.7. The van der Waals surface area contributed by atoms with Crippen molar-refractivity contribution in [3.05, 3.63) is 29.8 Å². The van der Waals surface area contributed by atoms with Crippen molar-refractivity contribution < 1.29 is 14.3 Å². The van der Waals surface area contributed by atoms with Crippen molar-refractivity contribution in [1.29, 1.82) is 0 Å². The van der Waals surface area contributed by atoms with Gasteiger partial charge in [-0.05, 0) is 31.4 Å². The monoisotopic (exact) mass is 316 g/mol. The van der Waals surface area contributed by atoms with Crippen LogP contribution in [0.4, 0.5) is 5.69 Å². The van der Waals surface area contributed by atoms with Crippen molar-refractivity contribution in [1.82, 2.24) is 4.90 Å². The number of rotatable bonds is 6. The highest BCUT2D eigenvalue weighted by Gasteiger charge is 2.32. The Kier molecular flexibility index (Phi) is 4.96. The van der Waals surface area contributed by atoms with Crippen LogP contribution in [0.15, 0.2) is 24.3 Å². The number of benzene rings is 1. The fraction of sp³-hybridized carbons (Fsp3) is 0.556. The lowest BCUT2D eigenvalue weighted by molar-refractivity contribution is -0.127. The second kappa shape index (κ2) is 7.13. The van der Waals surface area contributed by atoms with E-state index in [0.717, 1.165) is 31.6 Å². The van der Waals surface area contributed by atoms with Gasteiger partial charge in [-0.25, -0.2) is 0 Å². The predicted molar refractivity (Wildman–Crippen MR) is 88.5 cm³/mol. The summed E-state index contributed by atoms with van der Waals surface area (Å²) in [5.41, 5.74) is 2.21. The molecule has 124 valence electrons. The van der Waals surface area contributed by atoms with E-state index in [1.807, 2.05) is 34.9 Å². The molecule has 1 atom stereocenters. The first-order valence-electron chi connectivity index (χ1n) is 8.45. The fourth-order valence-electron chi connectivity index (χ4n) is 3.50. The summed E-state index contributed by atoms with van der Waals surface area (Å²) in [4.78, 5) is 27.9. The molecule has 5 nitrogen and oxygen atoms in total. The summed E-state index contributed by atoms with van der Waals surface area (Å²) in [5.74, 6) is 0.574. The number of anilines is 1. The molecule has 0 aromatic heterocycles. The Hall–Kier alpha value is -1.88. The van der Waals surface area contributed by atoms with Crippen LogP contribution in [0, 0.1) is 0 Å². The molecule has 1 aromatic rings. The van der Waals surface area contributed by atoms with Crippen molar-refractivity contribution in [2.75, 3.05) is 37.7 Å². The number of carbonyl (C=O) groups is 2. The average Bonchev–Trinajstić information content (AvgIpc) is 3.14. The Bertz CT molecular complexity index is 587. The number of hydrogen-bond acceptors (Lipinski definition) is 3. The van der Waals surface area contributed by atoms with E-state index in [1.165, 1.54) is 5.56 Å². The van der Waals surface area contributed by atoms with Crippen LogP contribution in [0.25, 0.3) is 0 Å². The lowest BCUT2D eigenvalue weighted by Gasteiger charge is -2.20. The van der Waals surface area contributed by atoms with Crippen LogP contribution < -0.4 is 4.90 Å². The molecule has 2 aliphatic rings. The number of amides is 2. The average molecular weight is 316 g/mol. The van der Waals surface area contributed by atoms with E-state index < -0.39 is 0 Å². The number of fused-ring (bicyclic) bond motifs is 1. The van der Waals surface area contributed by atoms with E-state index in [-0.39, 0.29) is 18.4 Å². The van der Waals surface area contributed by atoms with E-state index in [0.29, 0.717) is 25.5 Å². The van der Waals surface area contributed by atoms with Crippen molar-refractivity contribution >= 4 is 17.5 Å². The van der Waals surface area contributed by atoms with E-state index in [9.17, 15) is 9.59 Å². The van der Waals surface area contributed by atoms with Gasteiger partial charge < -0.3 is 14.5 Å². The third kappa shape index (κ3) is 3.39. The lowest BCUT2D eigenvalue weighted by Crippen LogP contribution is -2.34. The number of nitrogens with zero attached hydrogens (tertiary/aromatic N) is 2. The van der Waals surface area contributed by atoms with Crippen LogP contribution in [0.3, 0.4) is 0 Å². The van der Waals surface area contributed by atoms with Crippen LogP contribution in [0.5, 0.6) is 0 Å². The number of ether oxygens (including phenoxy) is 1. The fourth-order valence-corrected chi connectivity index (χ4v) is 3.50. The Balaban J connectivity index is 1.68. The summed E-state index contributed by atoms with van der Waals surface area (Å²) < 4.78 is 5.27. The van der Waals surface area contributed by atoms with Gasteiger partial charge in [0.25, 0.3) is 5.91 Å². The summed E-state index contributed by atoms with van der Waals surface area (Å²) in [6.07, 6.45) is 2.56. The first kappa shape index (κ1) is 16.0. The van der Waals surface area contributed by atoms with Crippen molar-refractivity contribution in [2.24, 2.45) is 0 Å². The second-order valence-corrected chi connectivity index (χ2v) is 6.17. The molecule has 2 heterocycles. The minimum atomic E-state index is 0.0130. The highest BCUT2D eigenvalue weighted by atomic mass is 16.5. The Morgan fingerprint density at radius 3 is 2.91 bits per heavy atom. The van der Waals surface area contributed by atoms with E-state index in [4.69, 9.17) is 4.74 Å². The predicted octanol–water partition coefficient (Wildman–Crippen LogP) is 2.17. The highest BCUT2D eigenvalue weighted by Crippen LogP contribution is 2.38. The van der Waals surface area contributed by atoms with Crippen LogP contribution in [-0.4, -0.2) is 49.6 Å². The van der Waals surface area contributed by atoms with E-state index in [1.54, 1.807) is 0 Å². The van der Waals surface area contributed by atoms with Gasteiger partial charge in [0.15, 0.2) is 0 Å². The van der Waals surface area contributed by atoms with Crippen LogP contribution in [-0.2, 0) is 14.3 Å². The molecular formula is C18H24N2O3. The molecule has 2 aliphatic heterocycles. The quantitative estimate of drug-likeness (QED) is 0.808. The molecular weight excluding hydrogens is 292 g/mol. The van der Waals surface area contributed by atoms with Gasteiger partial charge in [-0.2, -0.15) is 0 Å². The van der Waals surface area contributed by atoms with Crippen LogP contribution in [0.1, 0.15) is 37.7 Å². The zero-order chi connectivity index (χ0) is 16.2. The standard InChI is InChI=1S/C18H24N2O3/c1-2-23-13-18(22)20-12-14(15-6-3-4-7-16(15)20)9-11-19-10-5-8-17(19)21/h3-4,6-7,14H,2,5,8-13H2,1H3. The Morgan fingerprint density at radius 1 is 1.35 bits per heavy atom. The molecule has 0 radical (unpaired) electrons. The van der Waals surface area contributed by atoms with Gasteiger partial charge in [0, 0.05) is 44.3 Å². The first-order chi connectivity index (χ1) is 11.2. The number of likely N-dealkylation sites (tertiary alicyclic amines) is 1.